The molecule has 26 heavy (non-hydrogen) atoms. The van der Waals surface area contributed by atoms with Crippen LogP contribution in [0, 0.1) is 0 Å². The minimum absolute atomic E-state index is 0.417. The van der Waals surface area contributed by atoms with Gasteiger partial charge in [-0.05, 0) is 36.5 Å². The molecule has 2 nitrogen and oxygen atoms in total. The molecule has 0 saturated carbocycles. The summed E-state index contributed by atoms with van der Waals surface area (Å²) in [6, 6.07) is 0. The summed E-state index contributed by atoms with van der Waals surface area (Å²) < 4.78 is 19.2. The highest BCUT2D eigenvalue weighted by molar-refractivity contribution is 8.02. The van der Waals surface area contributed by atoms with Crippen LogP contribution in [-0.2, 0) is 11.1 Å². The molecule has 1 N–H and O–H groups in total. The Balaban J connectivity index is 2.98. The molecule has 0 fully saturated rings. The van der Waals surface area contributed by atoms with Gasteiger partial charge in [-0.1, -0.05) is 64.7 Å². The standard InChI is InChI=1S/C20H42O2S4/c1-2-3-4-5-8-11-14-23-17-18-24-15-12-9-6-7-10-13-16-25-19-20-26(21)22/h2-20H2,1H3,(H,21,22). The first-order valence-corrected chi connectivity index (χ1v) is 15.3. The Hall–Kier alpha value is 1.16. The number of unbranched alkanes of at least 4 members (excludes halogenated alkanes) is 10. The molecule has 6 heteroatoms. The summed E-state index contributed by atoms with van der Waals surface area (Å²) in [7, 11) is 0. The van der Waals surface area contributed by atoms with Gasteiger partial charge in [0, 0.05) is 17.3 Å². The third-order valence-electron chi connectivity index (χ3n) is 4.24. The van der Waals surface area contributed by atoms with Gasteiger partial charge in [-0.25, -0.2) is 4.21 Å². The van der Waals surface area contributed by atoms with Crippen molar-refractivity contribution < 1.29 is 8.76 Å². The second-order valence-corrected chi connectivity index (χ2v) is 11.5. The molecule has 0 aromatic rings. The van der Waals surface area contributed by atoms with Gasteiger partial charge in [-0.15, -0.1) is 0 Å². The average Bonchev–Trinajstić information content (AvgIpc) is 2.62. The molecule has 0 heterocycles. The first kappa shape index (κ1) is 27.2. The lowest BCUT2D eigenvalue weighted by atomic mass is 10.1. The van der Waals surface area contributed by atoms with Gasteiger partial charge in [-0.2, -0.15) is 35.3 Å². The van der Waals surface area contributed by atoms with Gasteiger partial charge in [0.25, 0.3) is 0 Å². The maximum atomic E-state index is 10.5. The molecule has 0 aliphatic carbocycles. The molecule has 0 aromatic heterocycles. The van der Waals surface area contributed by atoms with Crippen LogP contribution >= 0.6 is 35.3 Å². The van der Waals surface area contributed by atoms with Crippen LogP contribution in [0.4, 0.5) is 0 Å². The molecule has 0 aliphatic heterocycles. The van der Waals surface area contributed by atoms with E-state index in [0.29, 0.717) is 5.75 Å². The van der Waals surface area contributed by atoms with Crippen LogP contribution in [0.25, 0.3) is 0 Å². The smallest absolute Gasteiger partial charge is 0.153 e. The molecule has 1 unspecified atom stereocenters. The summed E-state index contributed by atoms with van der Waals surface area (Å²) in [6.07, 6.45) is 16.5. The summed E-state index contributed by atoms with van der Waals surface area (Å²) in [4.78, 5) is 0. The highest BCUT2D eigenvalue weighted by Crippen LogP contribution is 2.14. The van der Waals surface area contributed by atoms with Crippen molar-refractivity contribution in [3.63, 3.8) is 0 Å². The Kier molecular flexibility index (Phi) is 25.3. The Morgan fingerprint density at radius 3 is 1.38 bits per heavy atom. The molecular weight excluding hydrogens is 400 g/mol. The summed E-state index contributed by atoms with van der Waals surface area (Å²) in [5, 5.41) is 0. The summed E-state index contributed by atoms with van der Waals surface area (Å²) >= 11 is 4.49. The Morgan fingerprint density at radius 1 is 0.577 bits per heavy atom. The van der Waals surface area contributed by atoms with Crippen molar-refractivity contribution in [2.24, 2.45) is 0 Å². The fourth-order valence-electron chi connectivity index (χ4n) is 2.65. The molecule has 0 radical (unpaired) electrons. The van der Waals surface area contributed by atoms with Gasteiger partial charge in [0.05, 0.1) is 5.75 Å². The predicted octanol–water partition coefficient (Wildman–Crippen LogP) is 7.11. The minimum Gasteiger partial charge on any atom is -0.306 e. The lowest BCUT2D eigenvalue weighted by molar-refractivity contribution is 0.566. The fraction of sp³-hybridized carbons (Fsp3) is 1.00. The first-order valence-electron chi connectivity index (χ1n) is 10.6. The maximum Gasteiger partial charge on any atom is 0.153 e. The Bertz CT molecular complexity index is 291. The average molecular weight is 443 g/mol. The maximum absolute atomic E-state index is 10.5. The minimum atomic E-state index is -1.61. The van der Waals surface area contributed by atoms with Gasteiger partial charge < -0.3 is 4.55 Å². The van der Waals surface area contributed by atoms with Gasteiger partial charge in [0.1, 0.15) is 0 Å². The second kappa shape index (κ2) is 24.2. The van der Waals surface area contributed by atoms with Gasteiger partial charge >= 0.3 is 0 Å². The topological polar surface area (TPSA) is 37.3 Å². The quantitative estimate of drug-likeness (QED) is 0.143. The number of hydrogen-bond acceptors (Lipinski definition) is 4. The highest BCUT2D eigenvalue weighted by atomic mass is 32.2. The van der Waals surface area contributed by atoms with Crippen LogP contribution in [0.1, 0.15) is 84.0 Å². The summed E-state index contributed by atoms with van der Waals surface area (Å²) in [5.74, 6) is 7.74. The van der Waals surface area contributed by atoms with Crippen LogP contribution in [0.2, 0.25) is 0 Å². The fourth-order valence-corrected chi connectivity index (χ4v) is 6.48. The summed E-state index contributed by atoms with van der Waals surface area (Å²) in [6.45, 7) is 2.28. The molecule has 0 bridgehead atoms. The SMILES string of the molecule is CCCCCCCCSCCSCCCCCCCCSCCS(=O)O. The van der Waals surface area contributed by atoms with E-state index < -0.39 is 11.1 Å². The van der Waals surface area contributed by atoms with E-state index in [0.717, 1.165) is 11.5 Å². The second-order valence-electron chi connectivity index (χ2n) is 6.75. The van der Waals surface area contributed by atoms with E-state index in [9.17, 15) is 4.21 Å². The first-order chi connectivity index (χ1) is 12.8. The lowest BCUT2D eigenvalue weighted by Gasteiger charge is -2.04. The van der Waals surface area contributed by atoms with Crippen LogP contribution < -0.4 is 0 Å². The Morgan fingerprint density at radius 2 is 0.962 bits per heavy atom. The molecular formula is C20H42O2S4. The molecule has 0 aromatic carbocycles. The zero-order valence-corrected chi connectivity index (χ0v) is 20.2. The van der Waals surface area contributed by atoms with Gasteiger partial charge in [0.15, 0.2) is 11.1 Å². The normalized spacial score (nSPS) is 12.5. The van der Waals surface area contributed by atoms with Crippen LogP contribution in [-0.4, -0.2) is 49.0 Å². The van der Waals surface area contributed by atoms with Crippen molar-refractivity contribution in [2.45, 2.75) is 84.0 Å². The van der Waals surface area contributed by atoms with E-state index in [1.54, 1.807) is 0 Å². The van der Waals surface area contributed by atoms with Gasteiger partial charge in [-0.3, -0.25) is 0 Å². The largest absolute Gasteiger partial charge is 0.306 e. The lowest BCUT2D eigenvalue weighted by Crippen LogP contribution is -1.98. The van der Waals surface area contributed by atoms with E-state index >= 15 is 0 Å². The van der Waals surface area contributed by atoms with E-state index in [2.05, 4.69) is 30.4 Å². The zero-order chi connectivity index (χ0) is 19.1. The van der Waals surface area contributed by atoms with E-state index in [1.165, 1.54) is 100 Å². The highest BCUT2D eigenvalue weighted by Gasteiger charge is 1.96. The van der Waals surface area contributed by atoms with Crippen molar-refractivity contribution in [1.29, 1.82) is 0 Å². The number of hydrogen-bond donors (Lipinski definition) is 1. The van der Waals surface area contributed by atoms with E-state index in [1.807, 2.05) is 11.8 Å². The van der Waals surface area contributed by atoms with Crippen molar-refractivity contribution in [1.82, 2.24) is 0 Å². The number of rotatable bonds is 22. The van der Waals surface area contributed by atoms with Crippen molar-refractivity contribution in [2.75, 3.05) is 40.3 Å². The molecule has 0 spiro atoms. The third-order valence-corrected chi connectivity index (χ3v) is 8.52. The number of thioether (sulfide) groups is 3. The monoisotopic (exact) mass is 442 g/mol. The van der Waals surface area contributed by atoms with Crippen molar-refractivity contribution in [3.8, 4) is 0 Å². The molecule has 0 amide bonds. The van der Waals surface area contributed by atoms with Crippen LogP contribution in [0.5, 0.6) is 0 Å². The molecule has 0 aliphatic rings. The van der Waals surface area contributed by atoms with Crippen LogP contribution in [0.15, 0.2) is 0 Å². The third kappa shape index (κ3) is 25.2. The van der Waals surface area contributed by atoms with Crippen molar-refractivity contribution >= 4 is 46.4 Å². The molecule has 0 saturated heterocycles. The predicted molar refractivity (Wildman–Crippen MR) is 129 cm³/mol. The zero-order valence-electron chi connectivity index (χ0n) is 16.9. The molecule has 0 rings (SSSR count). The summed E-state index contributed by atoms with van der Waals surface area (Å²) in [5.41, 5.74) is 0. The molecule has 158 valence electrons. The van der Waals surface area contributed by atoms with Crippen molar-refractivity contribution in [3.05, 3.63) is 0 Å². The van der Waals surface area contributed by atoms with Gasteiger partial charge in [0.2, 0.25) is 0 Å². The molecule has 1 atom stereocenters. The van der Waals surface area contributed by atoms with Crippen LogP contribution in [0.3, 0.4) is 0 Å². The van der Waals surface area contributed by atoms with E-state index in [-0.39, 0.29) is 0 Å². The van der Waals surface area contributed by atoms with E-state index in [4.69, 9.17) is 4.55 Å². The Labute approximate surface area is 178 Å².